The summed E-state index contributed by atoms with van der Waals surface area (Å²) >= 11 is 0. The molecular weight excluding hydrogens is 316 g/mol. The summed E-state index contributed by atoms with van der Waals surface area (Å²) in [5.74, 6) is 0.447. The molecule has 6 nitrogen and oxygen atoms in total. The van der Waals surface area contributed by atoms with Crippen LogP contribution in [0.25, 0.3) is 5.69 Å². The van der Waals surface area contributed by atoms with Gasteiger partial charge >= 0.3 is 0 Å². The van der Waals surface area contributed by atoms with E-state index >= 15 is 0 Å². The fraction of sp³-hybridized carbons (Fsp3) is 0.526. The summed E-state index contributed by atoms with van der Waals surface area (Å²) in [5.41, 5.74) is 3.38. The van der Waals surface area contributed by atoms with Gasteiger partial charge in [0, 0.05) is 25.1 Å². The average Bonchev–Trinajstić information content (AvgIpc) is 3.18. The molecule has 0 N–H and O–H groups in total. The van der Waals surface area contributed by atoms with Gasteiger partial charge in [-0.1, -0.05) is 22.9 Å². The Kier molecular flexibility index (Phi) is 4.29. The zero-order chi connectivity index (χ0) is 17.4. The van der Waals surface area contributed by atoms with E-state index < -0.39 is 0 Å². The van der Waals surface area contributed by atoms with Crippen molar-refractivity contribution in [2.45, 2.75) is 39.2 Å². The van der Waals surface area contributed by atoms with Gasteiger partial charge in [0.15, 0.2) is 5.69 Å². The zero-order valence-corrected chi connectivity index (χ0v) is 14.8. The predicted octanol–water partition coefficient (Wildman–Crippen LogP) is 2.53. The summed E-state index contributed by atoms with van der Waals surface area (Å²) in [6.45, 7) is 6.29. The van der Waals surface area contributed by atoms with Crippen molar-refractivity contribution in [3.63, 3.8) is 0 Å². The van der Waals surface area contributed by atoms with Crippen molar-refractivity contribution in [3.05, 3.63) is 41.2 Å². The van der Waals surface area contributed by atoms with Crippen molar-refractivity contribution in [1.29, 1.82) is 0 Å². The van der Waals surface area contributed by atoms with Gasteiger partial charge in [-0.25, -0.2) is 4.68 Å². The van der Waals surface area contributed by atoms with Crippen LogP contribution >= 0.6 is 0 Å². The summed E-state index contributed by atoms with van der Waals surface area (Å²) < 4.78 is 7.22. The molecule has 132 valence electrons. The Balaban J connectivity index is 1.57. The third-order valence-corrected chi connectivity index (χ3v) is 5.10. The summed E-state index contributed by atoms with van der Waals surface area (Å²) in [6.07, 6.45) is 3.21. The highest BCUT2D eigenvalue weighted by Crippen LogP contribution is 2.30. The minimum atomic E-state index is 0.00487. The average molecular weight is 340 g/mol. The molecule has 0 radical (unpaired) electrons. The first kappa shape index (κ1) is 16.3. The summed E-state index contributed by atoms with van der Waals surface area (Å²) in [5, 5.41) is 8.44. The van der Waals surface area contributed by atoms with Crippen LogP contribution < -0.4 is 0 Å². The number of aryl methyl sites for hydroxylation is 1. The van der Waals surface area contributed by atoms with E-state index in [-0.39, 0.29) is 5.91 Å². The first-order valence-electron chi connectivity index (χ1n) is 9.01. The number of aromatic nitrogens is 3. The second-order valence-corrected chi connectivity index (χ2v) is 7.19. The molecule has 1 saturated heterocycles. The quantitative estimate of drug-likeness (QED) is 0.839. The van der Waals surface area contributed by atoms with Crippen LogP contribution in [0.1, 0.15) is 41.0 Å². The number of hydrogen-bond acceptors (Lipinski definition) is 4. The Hall–Kier alpha value is -2.21. The monoisotopic (exact) mass is 340 g/mol. The minimum absolute atomic E-state index is 0.00487. The van der Waals surface area contributed by atoms with Crippen LogP contribution in [0.4, 0.5) is 0 Å². The smallest absolute Gasteiger partial charge is 0.276 e. The van der Waals surface area contributed by atoms with E-state index in [1.165, 1.54) is 5.56 Å². The molecule has 2 fully saturated rings. The molecule has 0 spiro atoms. The van der Waals surface area contributed by atoms with Gasteiger partial charge in [-0.2, -0.15) is 0 Å². The number of hydrogen-bond donors (Lipinski definition) is 0. The van der Waals surface area contributed by atoms with Crippen molar-refractivity contribution >= 4 is 5.91 Å². The van der Waals surface area contributed by atoms with Crippen LogP contribution in [0.2, 0.25) is 0 Å². The van der Waals surface area contributed by atoms with Crippen LogP contribution in [-0.2, 0) is 4.74 Å². The molecule has 1 atom stereocenters. The second kappa shape index (κ2) is 6.59. The molecule has 4 rings (SSSR count). The molecule has 1 unspecified atom stereocenters. The SMILES string of the molecule is Cc1ccc(-n2nnc(C(=O)N(CC3CCOC3)C3CC3)c2C)cc1. The molecule has 1 aromatic carbocycles. The van der Waals surface area contributed by atoms with Crippen molar-refractivity contribution in [1.82, 2.24) is 19.9 Å². The number of carbonyl (C=O) groups excluding carboxylic acids is 1. The maximum atomic E-state index is 13.1. The molecule has 6 heteroatoms. The fourth-order valence-corrected chi connectivity index (χ4v) is 3.38. The lowest BCUT2D eigenvalue weighted by molar-refractivity contribution is 0.0699. The van der Waals surface area contributed by atoms with Gasteiger partial charge in [0.05, 0.1) is 18.0 Å². The van der Waals surface area contributed by atoms with Gasteiger partial charge < -0.3 is 9.64 Å². The zero-order valence-electron chi connectivity index (χ0n) is 14.8. The number of benzene rings is 1. The van der Waals surface area contributed by atoms with E-state index in [4.69, 9.17) is 4.74 Å². The molecular formula is C19H24N4O2. The highest BCUT2D eigenvalue weighted by atomic mass is 16.5. The lowest BCUT2D eigenvalue weighted by atomic mass is 10.1. The third-order valence-electron chi connectivity index (χ3n) is 5.10. The summed E-state index contributed by atoms with van der Waals surface area (Å²) in [6, 6.07) is 8.43. The Bertz CT molecular complexity index is 758. The normalized spacial score (nSPS) is 20.0. The summed E-state index contributed by atoms with van der Waals surface area (Å²) in [7, 11) is 0. The van der Waals surface area contributed by atoms with E-state index in [1.807, 2.05) is 43.0 Å². The molecule has 1 aliphatic heterocycles. The highest BCUT2D eigenvalue weighted by Gasteiger charge is 2.37. The topological polar surface area (TPSA) is 60.2 Å². The van der Waals surface area contributed by atoms with E-state index in [0.717, 1.165) is 50.4 Å². The number of amides is 1. The lowest BCUT2D eigenvalue weighted by Crippen LogP contribution is -2.38. The predicted molar refractivity (Wildman–Crippen MR) is 93.8 cm³/mol. The molecule has 1 aliphatic carbocycles. The van der Waals surface area contributed by atoms with Gasteiger partial charge in [0.2, 0.25) is 0 Å². The second-order valence-electron chi connectivity index (χ2n) is 7.19. The van der Waals surface area contributed by atoms with Crippen molar-refractivity contribution in [3.8, 4) is 5.69 Å². The van der Waals surface area contributed by atoms with Gasteiger partial charge in [-0.3, -0.25) is 4.79 Å². The Labute approximate surface area is 147 Å². The molecule has 1 saturated carbocycles. The van der Waals surface area contributed by atoms with Crippen molar-refractivity contribution in [2.24, 2.45) is 5.92 Å². The lowest BCUT2D eigenvalue weighted by Gasteiger charge is -2.24. The van der Waals surface area contributed by atoms with E-state index in [1.54, 1.807) is 4.68 Å². The van der Waals surface area contributed by atoms with Crippen LogP contribution in [0, 0.1) is 19.8 Å². The molecule has 1 amide bonds. The van der Waals surface area contributed by atoms with Gasteiger partial charge in [0.1, 0.15) is 0 Å². The van der Waals surface area contributed by atoms with Crippen LogP contribution in [0.3, 0.4) is 0 Å². The molecule has 2 aromatic rings. The first-order valence-corrected chi connectivity index (χ1v) is 9.01. The molecule has 1 aromatic heterocycles. The first-order chi connectivity index (χ1) is 12.1. The number of rotatable bonds is 5. The highest BCUT2D eigenvalue weighted by molar-refractivity contribution is 5.93. The molecule has 0 bridgehead atoms. The van der Waals surface area contributed by atoms with E-state index in [9.17, 15) is 4.79 Å². The van der Waals surface area contributed by atoms with Crippen LogP contribution in [0.15, 0.2) is 24.3 Å². The number of carbonyl (C=O) groups is 1. The molecule has 2 heterocycles. The van der Waals surface area contributed by atoms with Gasteiger partial charge in [-0.05, 0) is 45.2 Å². The number of ether oxygens (including phenoxy) is 1. The van der Waals surface area contributed by atoms with Gasteiger partial charge in [0.25, 0.3) is 5.91 Å². The fourth-order valence-electron chi connectivity index (χ4n) is 3.38. The molecule has 2 aliphatic rings. The van der Waals surface area contributed by atoms with Crippen LogP contribution in [-0.4, -0.2) is 51.6 Å². The summed E-state index contributed by atoms with van der Waals surface area (Å²) in [4.78, 5) is 15.1. The standard InChI is InChI=1S/C19H24N4O2/c1-13-3-5-17(6-4-13)23-14(2)18(20-21-23)19(24)22(16-7-8-16)11-15-9-10-25-12-15/h3-6,15-16H,7-12H2,1-2H3. The Morgan fingerprint density at radius 3 is 2.64 bits per heavy atom. The largest absolute Gasteiger partial charge is 0.381 e. The van der Waals surface area contributed by atoms with Gasteiger partial charge in [-0.15, -0.1) is 5.10 Å². The Morgan fingerprint density at radius 1 is 1.24 bits per heavy atom. The minimum Gasteiger partial charge on any atom is -0.381 e. The van der Waals surface area contributed by atoms with Crippen LogP contribution in [0.5, 0.6) is 0 Å². The maximum absolute atomic E-state index is 13.1. The van der Waals surface area contributed by atoms with E-state index in [0.29, 0.717) is 17.7 Å². The van der Waals surface area contributed by atoms with E-state index in [2.05, 4.69) is 10.3 Å². The van der Waals surface area contributed by atoms with Crippen molar-refractivity contribution in [2.75, 3.05) is 19.8 Å². The molecule has 25 heavy (non-hydrogen) atoms. The maximum Gasteiger partial charge on any atom is 0.276 e. The number of nitrogens with zero attached hydrogens (tertiary/aromatic N) is 4. The third kappa shape index (κ3) is 3.31. The Morgan fingerprint density at radius 2 is 2.00 bits per heavy atom. The van der Waals surface area contributed by atoms with Crippen molar-refractivity contribution < 1.29 is 9.53 Å².